The van der Waals surface area contributed by atoms with Crippen molar-refractivity contribution >= 4 is 6.16 Å². The van der Waals surface area contributed by atoms with Gasteiger partial charge in [0, 0.05) is 0 Å². The lowest BCUT2D eigenvalue weighted by atomic mass is 9.78. The highest BCUT2D eigenvalue weighted by atomic mass is 16.7. The summed E-state index contributed by atoms with van der Waals surface area (Å²) in [6.07, 6.45) is 7.66. The van der Waals surface area contributed by atoms with Crippen LogP contribution in [0.3, 0.4) is 0 Å². The number of methoxy groups -OCH3 is 1. The zero-order valence-electron chi connectivity index (χ0n) is 19.3. The van der Waals surface area contributed by atoms with Crippen LogP contribution in [0.15, 0.2) is 48.5 Å². The highest BCUT2D eigenvalue weighted by Crippen LogP contribution is 2.38. The summed E-state index contributed by atoms with van der Waals surface area (Å²) in [4.78, 5) is 11.3. The zero-order valence-corrected chi connectivity index (χ0v) is 19.3. The van der Waals surface area contributed by atoms with E-state index < -0.39 is 11.8 Å². The summed E-state index contributed by atoms with van der Waals surface area (Å²) in [5, 5.41) is 11.1. The molecule has 5 nitrogen and oxygen atoms in total. The first-order valence-corrected chi connectivity index (χ1v) is 11.8. The standard InChI is InChI=1S/C27H36O5/c1-3-4-5-6-7-20-31-24-14-10-22(11-15-24)21-8-12-23(13-9-21)27(29)18-16-25(17-19-27)32-26(28)30-2/h8-15,25,29H,3-7,16-20H2,1-2H3. The third-order valence-corrected chi connectivity index (χ3v) is 6.32. The van der Waals surface area contributed by atoms with Crippen molar-refractivity contribution in [1.82, 2.24) is 0 Å². The van der Waals surface area contributed by atoms with Gasteiger partial charge in [-0.3, -0.25) is 0 Å². The summed E-state index contributed by atoms with van der Waals surface area (Å²) in [5.41, 5.74) is 2.24. The zero-order chi connectivity index (χ0) is 22.8. The lowest BCUT2D eigenvalue weighted by Gasteiger charge is -2.36. The predicted octanol–water partition coefficient (Wildman–Crippen LogP) is 6.62. The smallest absolute Gasteiger partial charge is 0.494 e. The minimum Gasteiger partial charge on any atom is -0.494 e. The Hall–Kier alpha value is -2.53. The Morgan fingerprint density at radius 3 is 2.12 bits per heavy atom. The van der Waals surface area contributed by atoms with Crippen LogP contribution in [-0.4, -0.2) is 31.1 Å². The maximum atomic E-state index is 11.3. The van der Waals surface area contributed by atoms with Gasteiger partial charge in [0.25, 0.3) is 0 Å². The number of hydrogen-bond acceptors (Lipinski definition) is 5. The fourth-order valence-electron chi connectivity index (χ4n) is 4.27. The van der Waals surface area contributed by atoms with Gasteiger partial charge >= 0.3 is 6.16 Å². The second-order valence-electron chi connectivity index (χ2n) is 8.67. The normalized spacial score (nSPS) is 20.5. The lowest BCUT2D eigenvalue weighted by molar-refractivity contribution is -0.0508. The number of aliphatic hydroxyl groups is 1. The summed E-state index contributed by atoms with van der Waals surface area (Å²) in [5.74, 6) is 0.904. The third-order valence-electron chi connectivity index (χ3n) is 6.32. The highest BCUT2D eigenvalue weighted by molar-refractivity contribution is 5.64. The van der Waals surface area contributed by atoms with E-state index in [1.165, 1.54) is 32.8 Å². The average Bonchev–Trinajstić information content (AvgIpc) is 2.83. The van der Waals surface area contributed by atoms with E-state index in [-0.39, 0.29) is 6.10 Å². The molecular weight excluding hydrogens is 404 g/mol. The van der Waals surface area contributed by atoms with E-state index in [1.807, 2.05) is 36.4 Å². The molecule has 0 spiro atoms. The molecule has 3 rings (SSSR count). The summed E-state index contributed by atoms with van der Waals surface area (Å²) >= 11 is 0. The molecule has 0 atom stereocenters. The predicted molar refractivity (Wildman–Crippen MR) is 126 cm³/mol. The quantitative estimate of drug-likeness (QED) is 0.332. The minimum absolute atomic E-state index is 0.195. The molecule has 5 heteroatoms. The van der Waals surface area contributed by atoms with Crippen LogP contribution in [0.1, 0.15) is 70.3 Å². The second kappa shape index (κ2) is 11.9. The van der Waals surface area contributed by atoms with E-state index in [0.29, 0.717) is 25.7 Å². The molecule has 0 radical (unpaired) electrons. The third kappa shape index (κ3) is 6.73. The summed E-state index contributed by atoms with van der Waals surface area (Å²) < 4.78 is 15.6. The van der Waals surface area contributed by atoms with Gasteiger partial charge in [-0.2, -0.15) is 0 Å². The SMILES string of the molecule is CCCCCCCOc1ccc(-c2ccc(C3(O)CCC(OC(=O)OC)CC3)cc2)cc1. The van der Waals surface area contributed by atoms with Gasteiger partial charge in [0.1, 0.15) is 11.9 Å². The molecule has 174 valence electrons. The molecule has 1 saturated carbocycles. The molecule has 2 aromatic rings. The van der Waals surface area contributed by atoms with Crippen LogP contribution >= 0.6 is 0 Å². The second-order valence-corrected chi connectivity index (χ2v) is 8.67. The number of rotatable bonds is 10. The van der Waals surface area contributed by atoms with Crippen molar-refractivity contribution in [3.8, 4) is 16.9 Å². The van der Waals surface area contributed by atoms with Crippen molar-refractivity contribution in [2.75, 3.05) is 13.7 Å². The van der Waals surface area contributed by atoms with Gasteiger partial charge in [0.15, 0.2) is 0 Å². The first-order chi connectivity index (χ1) is 15.5. The largest absolute Gasteiger partial charge is 0.508 e. The molecule has 1 aliphatic rings. The molecule has 0 unspecified atom stereocenters. The van der Waals surface area contributed by atoms with E-state index in [9.17, 15) is 9.90 Å². The summed E-state index contributed by atoms with van der Waals surface area (Å²) in [6.45, 7) is 2.99. The Balaban J connectivity index is 1.51. The topological polar surface area (TPSA) is 65.0 Å². The van der Waals surface area contributed by atoms with E-state index in [0.717, 1.165) is 35.5 Å². The van der Waals surface area contributed by atoms with Crippen LogP contribution in [0.5, 0.6) is 5.75 Å². The van der Waals surface area contributed by atoms with Crippen LogP contribution in [0.2, 0.25) is 0 Å². The molecule has 0 heterocycles. The Kier molecular flexibility index (Phi) is 8.98. The Morgan fingerprint density at radius 2 is 1.53 bits per heavy atom. The molecule has 1 aliphatic carbocycles. The van der Waals surface area contributed by atoms with Crippen LogP contribution in [0.4, 0.5) is 4.79 Å². The van der Waals surface area contributed by atoms with Crippen molar-refractivity contribution in [3.05, 3.63) is 54.1 Å². The van der Waals surface area contributed by atoms with E-state index in [2.05, 4.69) is 23.8 Å². The van der Waals surface area contributed by atoms with Gasteiger partial charge in [-0.25, -0.2) is 4.79 Å². The van der Waals surface area contributed by atoms with Crippen molar-refractivity contribution in [2.45, 2.75) is 76.4 Å². The van der Waals surface area contributed by atoms with E-state index in [4.69, 9.17) is 9.47 Å². The van der Waals surface area contributed by atoms with E-state index >= 15 is 0 Å². The van der Waals surface area contributed by atoms with Crippen molar-refractivity contribution in [1.29, 1.82) is 0 Å². The number of unbranched alkanes of at least 4 members (excludes halogenated alkanes) is 4. The van der Waals surface area contributed by atoms with Crippen LogP contribution in [0.25, 0.3) is 11.1 Å². The molecule has 0 aliphatic heterocycles. The van der Waals surface area contributed by atoms with Crippen LogP contribution in [0, 0.1) is 0 Å². The Morgan fingerprint density at radius 1 is 0.938 bits per heavy atom. The van der Waals surface area contributed by atoms with Gasteiger partial charge in [0.05, 0.1) is 19.3 Å². The fraction of sp³-hybridized carbons (Fsp3) is 0.519. The minimum atomic E-state index is -0.886. The molecule has 0 bridgehead atoms. The molecule has 0 aromatic heterocycles. The monoisotopic (exact) mass is 440 g/mol. The molecular formula is C27H36O5. The maximum Gasteiger partial charge on any atom is 0.508 e. The lowest BCUT2D eigenvalue weighted by Crippen LogP contribution is -2.35. The highest BCUT2D eigenvalue weighted by Gasteiger charge is 2.36. The number of carbonyl (C=O) groups excluding carboxylic acids is 1. The van der Waals surface area contributed by atoms with Crippen molar-refractivity contribution < 1.29 is 24.1 Å². The van der Waals surface area contributed by atoms with Crippen LogP contribution < -0.4 is 4.74 Å². The Labute approximate surface area is 191 Å². The molecule has 1 N–H and O–H groups in total. The first kappa shape index (κ1) is 24.1. The number of hydrogen-bond donors (Lipinski definition) is 1. The van der Waals surface area contributed by atoms with Crippen molar-refractivity contribution in [3.63, 3.8) is 0 Å². The van der Waals surface area contributed by atoms with Crippen molar-refractivity contribution in [2.24, 2.45) is 0 Å². The van der Waals surface area contributed by atoms with Gasteiger partial charge in [0.2, 0.25) is 0 Å². The molecule has 2 aromatic carbocycles. The summed E-state index contributed by atoms with van der Waals surface area (Å²) in [7, 11) is 1.30. The maximum absolute atomic E-state index is 11.3. The van der Waals surface area contributed by atoms with E-state index in [1.54, 1.807) is 0 Å². The summed E-state index contributed by atoms with van der Waals surface area (Å²) in [6, 6.07) is 16.3. The van der Waals surface area contributed by atoms with Crippen LogP contribution in [-0.2, 0) is 15.1 Å². The molecule has 32 heavy (non-hydrogen) atoms. The number of ether oxygens (including phenoxy) is 3. The molecule has 0 saturated heterocycles. The average molecular weight is 441 g/mol. The fourth-order valence-corrected chi connectivity index (χ4v) is 4.27. The Bertz CT molecular complexity index is 820. The first-order valence-electron chi connectivity index (χ1n) is 11.8. The van der Waals surface area contributed by atoms with Gasteiger partial charge in [-0.15, -0.1) is 0 Å². The molecule has 0 amide bonds. The van der Waals surface area contributed by atoms with Gasteiger partial charge < -0.3 is 19.3 Å². The number of benzene rings is 2. The number of carbonyl (C=O) groups is 1. The molecule has 1 fully saturated rings. The van der Waals surface area contributed by atoms with Gasteiger partial charge in [-0.05, 0) is 60.9 Å². The van der Waals surface area contributed by atoms with Gasteiger partial charge in [-0.1, -0.05) is 69.0 Å².